The van der Waals surface area contributed by atoms with Crippen LogP contribution in [0.5, 0.6) is 0 Å². The Bertz CT molecular complexity index is 1330. The summed E-state index contributed by atoms with van der Waals surface area (Å²) in [5.74, 6) is 1.10. The minimum absolute atomic E-state index is 0.183. The molecule has 0 spiro atoms. The second kappa shape index (κ2) is 10.2. The van der Waals surface area contributed by atoms with Gasteiger partial charge in [0.1, 0.15) is 12.3 Å². The van der Waals surface area contributed by atoms with E-state index in [0.717, 1.165) is 0 Å². The smallest absolute Gasteiger partial charge is 0.323 e. The molecule has 40 heavy (non-hydrogen) atoms. The Balaban J connectivity index is 1.19. The van der Waals surface area contributed by atoms with Crippen LogP contribution in [0.3, 0.4) is 0 Å². The number of carbonyl (C=O) groups excluding carboxylic acids is 1. The van der Waals surface area contributed by atoms with Crippen LogP contribution in [-0.2, 0) is 9.47 Å². The Morgan fingerprint density at radius 2 is 1.40 bits per heavy atom. The molecule has 0 saturated carbocycles. The molecule has 0 radical (unpaired) electrons. The third-order valence-corrected chi connectivity index (χ3v) is 7.92. The topological polar surface area (TPSA) is 118 Å². The number of fused-ring (bicyclic) bond motifs is 4. The van der Waals surface area contributed by atoms with Gasteiger partial charge in [-0.15, -0.1) is 0 Å². The molecule has 7 rings (SSSR count). The van der Waals surface area contributed by atoms with Crippen LogP contribution in [0.4, 0.5) is 36.8 Å². The number of hydrogen-bond acceptors (Lipinski definition) is 9. The number of halogens is 2. The van der Waals surface area contributed by atoms with Crippen LogP contribution in [0.1, 0.15) is 12.8 Å². The Kier molecular flexibility index (Phi) is 6.39. The fourth-order valence-corrected chi connectivity index (χ4v) is 6.04. The molecule has 4 saturated heterocycles. The lowest BCUT2D eigenvalue weighted by molar-refractivity contribution is 0.0810. The number of morpholine rings is 2. The SMILES string of the molecule is O=C(Nc1ccc(-c2nc(N3C4COCC3C(F)C4)nc(N3C4COCC3C(F)C4)n2)cc1)Nc1cccnc1. The fraction of sp³-hybridized carbons (Fsp3) is 0.444. The summed E-state index contributed by atoms with van der Waals surface area (Å²) in [5.41, 5.74) is 1.82. The van der Waals surface area contributed by atoms with Gasteiger partial charge < -0.3 is 29.9 Å². The molecule has 2 amide bonds. The van der Waals surface area contributed by atoms with Crippen molar-refractivity contribution in [2.45, 2.75) is 49.4 Å². The molecule has 11 nitrogen and oxygen atoms in total. The molecule has 6 atom stereocenters. The van der Waals surface area contributed by atoms with E-state index >= 15 is 0 Å². The van der Waals surface area contributed by atoms with Gasteiger partial charge in [0, 0.05) is 30.3 Å². The molecule has 4 fully saturated rings. The normalized spacial score (nSPS) is 28.9. The van der Waals surface area contributed by atoms with Gasteiger partial charge in [-0.1, -0.05) is 0 Å². The highest BCUT2D eigenvalue weighted by molar-refractivity contribution is 5.99. The van der Waals surface area contributed by atoms with E-state index in [0.29, 0.717) is 60.7 Å². The average molecular weight is 551 g/mol. The molecule has 0 aliphatic carbocycles. The first-order chi connectivity index (χ1) is 19.5. The molecule has 4 aliphatic heterocycles. The Hall–Kier alpha value is -3.97. The van der Waals surface area contributed by atoms with Crippen molar-refractivity contribution in [2.24, 2.45) is 0 Å². The molecule has 13 heteroatoms. The number of nitrogens with one attached hydrogen (secondary N) is 2. The van der Waals surface area contributed by atoms with E-state index in [2.05, 4.69) is 15.6 Å². The van der Waals surface area contributed by atoms with Crippen LogP contribution in [-0.4, -0.2) is 88.9 Å². The van der Waals surface area contributed by atoms with Gasteiger partial charge in [0.15, 0.2) is 5.82 Å². The molecule has 2 N–H and O–H groups in total. The van der Waals surface area contributed by atoms with Gasteiger partial charge in [0.2, 0.25) is 11.9 Å². The fourth-order valence-electron chi connectivity index (χ4n) is 6.04. The number of anilines is 4. The van der Waals surface area contributed by atoms with Crippen molar-refractivity contribution in [2.75, 3.05) is 46.9 Å². The maximum absolute atomic E-state index is 14.9. The number of urea groups is 1. The number of carbonyl (C=O) groups is 1. The summed E-state index contributed by atoms with van der Waals surface area (Å²) >= 11 is 0. The molecule has 4 bridgehead atoms. The van der Waals surface area contributed by atoms with Crippen LogP contribution in [0.25, 0.3) is 11.4 Å². The van der Waals surface area contributed by atoms with Crippen molar-refractivity contribution in [1.29, 1.82) is 0 Å². The van der Waals surface area contributed by atoms with Gasteiger partial charge in [-0.25, -0.2) is 13.6 Å². The Morgan fingerprint density at radius 3 is 1.95 bits per heavy atom. The van der Waals surface area contributed by atoms with Gasteiger partial charge >= 0.3 is 6.03 Å². The number of nitrogens with zero attached hydrogens (tertiary/aromatic N) is 6. The molecule has 4 aliphatic rings. The predicted octanol–water partition coefficient (Wildman–Crippen LogP) is 3.21. The van der Waals surface area contributed by atoms with Gasteiger partial charge in [-0.2, -0.15) is 15.0 Å². The minimum Gasteiger partial charge on any atom is -0.377 e. The average Bonchev–Trinajstić information content (AvgIpc) is 3.28. The van der Waals surface area contributed by atoms with Crippen LogP contribution in [0, 0.1) is 0 Å². The number of aromatic nitrogens is 4. The third-order valence-electron chi connectivity index (χ3n) is 7.92. The number of alkyl halides is 2. The number of ether oxygens (including phenoxy) is 2. The summed E-state index contributed by atoms with van der Waals surface area (Å²) in [5, 5.41) is 5.51. The van der Waals surface area contributed by atoms with Crippen molar-refractivity contribution in [3.63, 3.8) is 0 Å². The lowest BCUT2D eigenvalue weighted by Gasteiger charge is -2.37. The number of amides is 2. The van der Waals surface area contributed by atoms with E-state index in [1.54, 1.807) is 48.8 Å². The zero-order valence-electron chi connectivity index (χ0n) is 21.5. The van der Waals surface area contributed by atoms with Crippen LogP contribution < -0.4 is 20.4 Å². The lowest BCUT2D eigenvalue weighted by Crippen LogP contribution is -2.50. The van der Waals surface area contributed by atoms with E-state index in [1.807, 2.05) is 9.80 Å². The first kappa shape index (κ1) is 25.0. The number of pyridine rings is 1. The molecule has 1 aromatic carbocycles. The maximum Gasteiger partial charge on any atom is 0.323 e. The second-order valence-corrected chi connectivity index (χ2v) is 10.5. The number of hydrogen-bond donors (Lipinski definition) is 2. The van der Waals surface area contributed by atoms with Crippen molar-refractivity contribution in [1.82, 2.24) is 19.9 Å². The summed E-state index contributed by atoms with van der Waals surface area (Å²) in [6.07, 6.45) is 1.77. The van der Waals surface area contributed by atoms with Crippen molar-refractivity contribution in [3.8, 4) is 11.4 Å². The van der Waals surface area contributed by atoms with E-state index in [4.69, 9.17) is 24.4 Å². The van der Waals surface area contributed by atoms with Crippen molar-refractivity contribution >= 4 is 29.3 Å². The third kappa shape index (κ3) is 4.58. The monoisotopic (exact) mass is 550 g/mol. The zero-order chi connectivity index (χ0) is 27.2. The molecular weight excluding hydrogens is 522 g/mol. The number of rotatable bonds is 5. The van der Waals surface area contributed by atoms with E-state index in [-0.39, 0.29) is 25.3 Å². The Morgan fingerprint density at radius 1 is 0.800 bits per heavy atom. The lowest BCUT2D eigenvalue weighted by atomic mass is 10.2. The largest absolute Gasteiger partial charge is 0.377 e. The maximum atomic E-state index is 14.9. The van der Waals surface area contributed by atoms with Gasteiger partial charge in [-0.05, 0) is 36.4 Å². The summed E-state index contributed by atoms with van der Waals surface area (Å²) in [6, 6.07) is 8.80. The summed E-state index contributed by atoms with van der Waals surface area (Å²) in [7, 11) is 0. The second-order valence-electron chi connectivity index (χ2n) is 10.5. The predicted molar refractivity (Wildman–Crippen MR) is 143 cm³/mol. The highest BCUT2D eigenvalue weighted by atomic mass is 19.1. The van der Waals surface area contributed by atoms with Crippen molar-refractivity contribution in [3.05, 3.63) is 48.8 Å². The van der Waals surface area contributed by atoms with E-state index in [9.17, 15) is 13.6 Å². The minimum atomic E-state index is -1.05. The molecule has 6 unspecified atom stereocenters. The van der Waals surface area contributed by atoms with Gasteiger partial charge in [0.25, 0.3) is 0 Å². The van der Waals surface area contributed by atoms with E-state index < -0.39 is 30.5 Å². The van der Waals surface area contributed by atoms with Gasteiger partial charge in [0.05, 0.1) is 62.5 Å². The first-order valence-electron chi connectivity index (χ1n) is 13.4. The molecule has 3 aromatic rings. The molecular formula is C27H28F2N8O3. The van der Waals surface area contributed by atoms with Crippen LogP contribution >= 0.6 is 0 Å². The molecule has 2 aromatic heterocycles. The summed E-state index contributed by atoms with van der Waals surface area (Å²) in [4.78, 5) is 34.5. The first-order valence-corrected chi connectivity index (χ1v) is 13.4. The summed E-state index contributed by atoms with van der Waals surface area (Å²) < 4.78 is 40.9. The van der Waals surface area contributed by atoms with Crippen molar-refractivity contribution < 1.29 is 23.0 Å². The van der Waals surface area contributed by atoms with Crippen LogP contribution in [0.2, 0.25) is 0 Å². The highest BCUT2D eigenvalue weighted by Gasteiger charge is 2.49. The van der Waals surface area contributed by atoms with E-state index in [1.165, 1.54) is 0 Å². The molecule has 208 valence electrons. The van der Waals surface area contributed by atoms with Gasteiger partial charge in [-0.3, -0.25) is 4.98 Å². The standard InChI is InChI=1S/C27H28F2N8O3/c28-20-8-18-11-39-13-22(20)36(18)25-33-24(34-26(35-25)37-19-9-21(29)23(37)14-40-12-19)15-3-5-16(6-4-15)31-27(38)32-17-2-1-7-30-10-17/h1-7,10,18-23H,8-9,11-14H2,(H2,31,32,38). The highest BCUT2D eigenvalue weighted by Crippen LogP contribution is 2.38. The number of benzene rings is 1. The zero-order valence-corrected chi connectivity index (χ0v) is 21.5. The quantitative estimate of drug-likeness (QED) is 0.494. The van der Waals surface area contributed by atoms with Crippen LogP contribution in [0.15, 0.2) is 48.8 Å². The summed E-state index contributed by atoms with van der Waals surface area (Å²) in [6.45, 7) is 1.30. The molecule has 6 heterocycles. The Labute approximate surface area is 228 Å².